The van der Waals surface area contributed by atoms with Crippen LogP contribution in [-0.4, -0.2) is 96.7 Å². The van der Waals surface area contributed by atoms with Crippen molar-refractivity contribution < 1.29 is 80.2 Å². The number of phosphoric acid groups is 2. The van der Waals surface area contributed by atoms with E-state index >= 15 is 0 Å². The summed E-state index contributed by atoms with van der Waals surface area (Å²) in [6.07, 6.45) is 21.7. The largest absolute Gasteiger partial charge is 0.472 e. The van der Waals surface area contributed by atoms with E-state index in [-0.39, 0.29) is 25.7 Å². The third kappa shape index (κ3) is 41.9. The number of aliphatic hydroxyl groups is 1. The Bertz CT molecular complexity index is 1300. The Labute approximate surface area is 390 Å². The second-order valence-electron chi connectivity index (χ2n) is 16.8. The second kappa shape index (κ2) is 42.2. The van der Waals surface area contributed by atoms with Gasteiger partial charge in [0.15, 0.2) is 12.2 Å². The van der Waals surface area contributed by atoms with Gasteiger partial charge < -0.3 is 33.8 Å². The monoisotopic (exact) mass is 975 g/mol. The Morgan fingerprint density at radius 2 is 0.631 bits per heavy atom. The molecule has 0 aromatic rings. The molecule has 0 fully saturated rings. The molecule has 0 aliphatic carbocycles. The van der Waals surface area contributed by atoms with Crippen molar-refractivity contribution in [1.29, 1.82) is 0 Å². The molecule has 0 radical (unpaired) electrons. The highest BCUT2D eigenvalue weighted by atomic mass is 31.2. The first-order valence-corrected chi connectivity index (χ1v) is 27.8. The summed E-state index contributed by atoms with van der Waals surface area (Å²) in [5.74, 6) is -2.22. The van der Waals surface area contributed by atoms with E-state index in [1.54, 1.807) is 0 Å². The molecule has 0 aliphatic rings. The number of ether oxygens (including phenoxy) is 4. The van der Waals surface area contributed by atoms with Crippen molar-refractivity contribution in [1.82, 2.24) is 0 Å². The van der Waals surface area contributed by atoms with Gasteiger partial charge in [-0.05, 0) is 25.7 Å². The van der Waals surface area contributed by atoms with Crippen molar-refractivity contribution in [3.05, 3.63) is 0 Å². The SMILES string of the molecule is CCCCCCCCCCCCCCCC(=O)O[C@H](COC(=O)CCCC)COP(=O)(O)OC[C@@H](O)COP(=O)(O)OC[C@@H](COC(=O)CCCCCCC)OC(=O)CCCCCCC. The maximum atomic E-state index is 12.7. The molecule has 0 saturated heterocycles. The molecule has 3 N–H and O–H groups in total. The van der Waals surface area contributed by atoms with E-state index in [0.717, 1.165) is 83.5 Å². The summed E-state index contributed by atoms with van der Waals surface area (Å²) in [7, 11) is -9.81. The third-order valence-corrected chi connectivity index (χ3v) is 12.3. The van der Waals surface area contributed by atoms with E-state index in [2.05, 4.69) is 20.8 Å². The maximum absolute atomic E-state index is 12.7. The van der Waals surface area contributed by atoms with Gasteiger partial charge in [0.05, 0.1) is 26.4 Å². The molecule has 0 saturated carbocycles. The lowest BCUT2D eigenvalue weighted by molar-refractivity contribution is -0.161. The van der Waals surface area contributed by atoms with Crippen LogP contribution in [-0.2, 0) is 65.4 Å². The number of hydrogen-bond acceptors (Lipinski definition) is 15. The molecule has 5 atom stereocenters. The summed E-state index contributed by atoms with van der Waals surface area (Å²) in [5, 5.41) is 10.3. The molecule has 0 rings (SSSR count). The number of rotatable bonds is 47. The molecule has 0 heterocycles. The molecular formula is C46H88O17P2. The van der Waals surface area contributed by atoms with Gasteiger partial charge in [-0.3, -0.25) is 37.3 Å². The average molecular weight is 975 g/mol. The first-order chi connectivity index (χ1) is 31.2. The smallest absolute Gasteiger partial charge is 0.462 e. The predicted octanol–water partition coefficient (Wildman–Crippen LogP) is 10.9. The van der Waals surface area contributed by atoms with Crippen molar-refractivity contribution in [2.75, 3.05) is 39.6 Å². The first-order valence-electron chi connectivity index (χ1n) is 24.8. The molecule has 384 valence electrons. The zero-order valence-electron chi connectivity index (χ0n) is 40.4. The van der Waals surface area contributed by atoms with Crippen LogP contribution in [0.1, 0.15) is 214 Å². The van der Waals surface area contributed by atoms with Gasteiger partial charge in [0.1, 0.15) is 19.3 Å². The molecular weight excluding hydrogens is 886 g/mol. The predicted molar refractivity (Wildman–Crippen MR) is 248 cm³/mol. The number of phosphoric ester groups is 2. The van der Waals surface area contributed by atoms with Crippen LogP contribution in [0.25, 0.3) is 0 Å². The summed E-state index contributed by atoms with van der Waals surface area (Å²) in [6, 6.07) is 0. The van der Waals surface area contributed by atoms with Crippen LogP contribution in [0.3, 0.4) is 0 Å². The summed E-state index contributed by atoms with van der Waals surface area (Å²) in [4.78, 5) is 70.2. The fourth-order valence-electron chi connectivity index (χ4n) is 6.43. The van der Waals surface area contributed by atoms with Crippen LogP contribution >= 0.6 is 15.6 Å². The number of carbonyl (C=O) groups is 4. The van der Waals surface area contributed by atoms with Gasteiger partial charge in [0, 0.05) is 25.7 Å². The van der Waals surface area contributed by atoms with Crippen LogP contribution in [0.15, 0.2) is 0 Å². The van der Waals surface area contributed by atoms with Crippen molar-refractivity contribution in [2.24, 2.45) is 0 Å². The van der Waals surface area contributed by atoms with Crippen LogP contribution in [0, 0.1) is 0 Å². The molecule has 0 spiro atoms. The first kappa shape index (κ1) is 63.1. The van der Waals surface area contributed by atoms with Gasteiger partial charge in [-0.25, -0.2) is 9.13 Å². The van der Waals surface area contributed by atoms with Gasteiger partial charge in [-0.2, -0.15) is 0 Å². The summed E-state index contributed by atoms with van der Waals surface area (Å²) in [5.41, 5.74) is 0. The molecule has 0 aromatic carbocycles. The number of aliphatic hydroxyl groups excluding tert-OH is 1. The minimum absolute atomic E-state index is 0.0985. The van der Waals surface area contributed by atoms with Crippen LogP contribution in [0.5, 0.6) is 0 Å². The Kier molecular flexibility index (Phi) is 40.9. The van der Waals surface area contributed by atoms with E-state index in [1.165, 1.54) is 51.4 Å². The maximum Gasteiger partial charge on any atom is 0.472 e. The molecule has 2 unspecified atom stereocenters. The van der Waals surface area contributed by atoms with Crippen LogP contribution in [0.2, 0.25) is 0 Å². The molecule has 19 heteroatoms. The van der Waals surface area contributed by atoms with Gasteiger partial charge in [-0.1, -0.05) is 163 Å². The average Bonchev–Trinajstić information content (AvgIpc) is 3.27. The van der Waals surface area contributed by atoms with E-state index in [9.17, 15) is 43.2 Å². The molecule has 65 heavy (non-hydrogen) atoms. The van der Waals surface area contributed by atoms with E-state index < -0.39 is 97.5 Å². The topological polar surface area (TPSA) is 237 Å². The molecule has 0 amide bonds. The fourth-order valence-corrected chi connectivity index (χ4v) is 8.01. The van der Waals surface area contributed by atoms with Crippen molar-refractivity contribution >= 4 is 39.5 Å². The van der Waals surface area contributed by atoms with Gasteiger partial charge in [-0.15, -0.1) is 0 Å². The second-order valence-corrected chi connectivity index (χ2v) is 19.7. The highest BCUT2D eigenvalue weighted by molar-refractivity contribution is 7.47. The summed E-state index contributed by atoms with van der Waals surface area (Å²) < 4.78 is 66.3. The van der Waals surface area contributed by atoms with Crippen LogP contribution in [0.4, 0.5) is 0 Å². The van der Waals surface area contributed by atoms with Gasteiger partial charge in [0.25, 0.3) is 0 Å². The van der Waals surface area contributed by atoms with Crippen molar-refractivity contribution in [3.8, 4) is 0 Å². The van der Waals surface area contributed by atoms with E-state index in [1.807, 2.05) is 6.92 Å². The highest BCUT2D eigenvalue weighted by Gasteiger charge is 2.30. The van der Waals surface area contributed by atoms with Gasteiger partial charge >= 0.3 is 39.5 Å². The Balaban J connectivity index is 4.96. The number of carbonyl (C=O) groups excluding carboxylic acids is 4. The van der Waals surface area contributed by atoms with Gasteiger partial charge in [0.2, 0.25) is 0 Å². The summed E-state index contributed by atoms with van der Waals surface area (Å²) >= 11 is 0. The van der Waals surface area contributed by atoms with Crippen molar-refractivity contribution in [2.45, 2.75) is 232 Å². The Hall–Kier alpha value is -1.94. The molecule has 17 nitrogen and oxygen atoms in total. The van der Waals surface area contributed by atoms with E-state index in [0.29, 0.717) is 25.7 Å². The standard InChI is InChI=1S/C46H88O17P2/c1-5-9-13-16-17-18-19-20-21-22-23-26-29-33-46(51)62-41(36-56-43(48)30-12-8-4)38-60-64(52,53)58-34-40(47)35-59-65(54,55)61-39-42(63-45(50)32-28-25-15-11-7-3)37-57-44(49)31-27-24-14-10-6-2/h40-42,47H,5-39H2,1-4H3,(H,52,53)(H,54,55)/t40-,41-,42-/m1/s1. The molecule has 0 aliphatic heterocycles. The van der Waals surface area contributed by atoms with Crippen LogP contribution < -0.4 is 0 Å². The zero-order chi connectivity index (χ0) is 48.4. The third-order valence-electron chi connectivity index (χ3n) is 10.4. The van der Waals surface area contributed by atoms with Crippen molar-refractivity contribution in [3.63, 3.8) is 0 Å². The number of unbranched alkanes of at least 4 members (excludes halogenated alkanes) is 21. The lowest BCUT2D eigenvalue weighted by atomic mass is 10.0. The number of hydrogen-bond donors (Lipinski definition) is 3. The lowest BCUT2D eigenvalue weighted by Crippen LogP contribution is -2.30. The summed E-state index contributed by atoms with van der Waals surface area (Å²) in [6.45, 7) is 4.31. The molecule has 0 aromatic heterocycles. The normalized spacial score (nSPS) is 14.8. The minimum atomic E-state index is -4.91. The van der Waals surface area contributed by atoms with E-state index in [4.69, 9.17) is 37.0 Å². The quantitative estimate of drug-likeness (QED) is 0.0222. The Morgan fingerprint density at radius 3 is 0.954 bits per heavy atom. The fraction of sp³-hybridized carbons (Fsp3) is 0.913. The lowest BCUT2D eigenvalue weighted by Gasteiger charge is -2.21. The highest BCUT2D eigenvalue weighted by Crippen LogP contribution is 2.45. The Morgan fingerprint density at radius 1 is 0.369 bits per heavy atom. The zero-order valence-corrected chi connectivity index (χ0v) is 42.2. The minimum Gasteiger partial charge on any atom is -0.462 e. The molecule has 0 bridgehead atoms. The number of esters is 4.